The second-order valence-electron chi connectivity index (χ2n) is 9.79. The van der Waals surface area contributed by atoms with Crippen LogP contribution in [0.3, 0.4) is 0 Å². The predicted molar refractivity (Wildman–Crippen MR) is 156 cm³/mol. The van der Waals surface area contributed by atoms with Crippen molar-refractivity contribution in [1.29, 1.82) is 0 Å². The normalized spacial score (nSPS) is 20.2. The Hall–Kier alpha value is -4.86. The Morgan fingerprint density at radius 1 is 0.786 bits per heavy atom. The second kappa shape index (κ2) is 13.2. The predicted octanol–water partition coefficient (Wildman–Crippen LogP) is 5.11. The average molecular weight is 576 g/mol. The topological polar surface area (TPSA) is 123 Å². The Bertz CT molecular complexity index is 1480. The Balaban J connectivity index is 1.78. The molecular formula is C32H33NO9. The van der Waals surface area contributed by atoms with Crippen LogP contribution in [0.5, 0.6) is 28.7 Å². The van der Waals surface area contributed by atoms with Gasteiger partial charge in [0.1, 0.15) is 11.5 Å². The van der Waals surface area contributed by atoms with Crippen molar-refractivity contribution in [3.05, 3.63) is 93.5 Å². The number of ketones is 2. The SMILES string of the molecule is COc1ccc(C2C(C(=O)C=Cc3ccc(OC)c(OC)c3)C(=O)CC(c3ccc(OC)c(OC)c3)C2[N+](=O)[O-])cc1. The number of ether oxygens (including phenoxy) is 5. The molecule has 4 unspecified atom stereocenters. The Morgan fingerprint density at radius 3 is 1.93 bits per heavy atom. The lowest BCUT2D eigenvalue weighted by Gasteiger charge is -2.37. The molecule has 0 aromatic heterocycles. The molecule has 0 heterocycles. The van der Waals surface area contributed by atoms with Gasteiger partial charge in [0.05, 0.1) is 53.3 Å². The van der Waals surface area contributed by atoms with E-state index in [1.807, 2.05) is 0 Å². The van der Waals surface area contributed by atoms with Crippen molar-refractivity contribution < 1.29 is 38.2 Å². The van der Waals surface area contributed by atoms with Gasteiger partial charge in [0, 0.05) is 11.3 Å². The molecule has 0 bridgehead atoms. The Labute approximate surface area is 244 Å². The van der Waals surface area contributed by atoms with Gasteiger partial charge in [-0.3, -0.25) is 19.7 Å². The number of allylic oxidation sites excluding steroid dienone is 1. The first-order chi connectivity index (χ1) is 20.3. The minimum atomic E-state index is -1.28. The zero-order valence-corrected chi connectivity index (χ0v) is 24.1. The van der Waals surface area contributed by atoms with Crippen molar-refractivity contribution in [3.63, 3.8) is 0 Å². The summed E-state index contributed by atoms with van der Waals surface area (Å²) >= 11 is 0. The fourth-order valence-electron chi connectivity index (χ4n) is 5.58. The van der Waals surface area contributed by atoms with Crippen LogP contribution in [0.2, 0.25) is 0 Å². The van der Waals surface area contributed by atoms with Crippen LogP contribution in [0, 0.1) is 16.0 Å². The van der Waals surface area contributed by atoms with Gasteiger partial charge in [-0.25, -0.2) is 0 Å². The van der Waals surface area contributed by atoms with Crippen LogP contribution >= 0.6 is 0 Å². The average Bonchev–Trinajstić information content (AvgIpc) is 3.02. The summed E-state index contributed by atoms with van der Waals surface area (Å²) in [4.78, 5) is 39.9. The molecule has 0 N–H and O–H groups in total. The van der Waals surface area contributed by atoms with Crippen LogP contribution in [-0.2, 0) is 9.59 Å². The smallest absolute Gasteiger partial charge is 0.228 e. The monoisotopic (exact) mass is 575 g/mol. The van der Waals surface area contributed by atoms with Crippen LogP contribution in [-0.4, -0.2) is 58.1 Å². The number of nitrogens with zero attached hydrogens (tertiary/aromatic N) is 1. The van der Waals surface area contributed by atoms with Crippen molar-refractivity contribution in [2.24, 2.45) is 5.92 Å². The van der Waals surface area contributed by atoms with E-state index >= 15 is 0 Å². The van der Waals surface area contributed by atoms with Crippen molar-refractivity contribution in [2.45, 2.75) is 24.3 Å². The third-order valence-corrected chi connectivity index (χ3v) is 7.64. The molecular weight excluding hydrogens is 542 g/mol. The van der Waals surface area contributed by atoms with E-state index < -0.39 is 29.6 Å². The molecule has 0 amide bonds. The number of carbonyl (C=O) groups excluding carboxylic acids is 2. The molecule has 1 aliphatic rings. The standard InChI is InChI=1S/C32H33NO9/c1-38-22-11-8-20(9-12-22)30-31(24(34)13-6-19-7-14-26(39-2)28(16-19)41-4)25(35)18-23(32(30)33(36)37)21-10-15-27(40-3)29(17-21)42-5/h6-17,23,30-32H,18H2,1-5H3. The molecule has 1 saturated carbocycles. The van der Waals surface area contributed by atoms with E-state index in [0.29, 0.717) is 45.4 Å². The molecule has 1 aliphatic carbocycles. The lowest BCUT2D eigenvalue weighted by Crippen LogP contribution is -2.48. The fourth-order valence-corrected chi connectivity index (χ4v) is 5.58. The van der Waals surface area contributed by atoms with Crippen molar-refractivity contribution in [3.8, 4) is 28.7 Å². The lowest BCUT2D eigenvalue weighted by molar-refractivity contribution is -0.533. The van der Waals surface area contributed by atoms with Gasteiger partial charge in [0.15, 0.2) is 28.8 Å². The first kappa shape index (κ1) is 30.1. The van der Waals surface area contributed by atoms with Crippen LogP contribution in [0.25, 0.3) is 6.08 Å². The maximum atomic E-state index is 13.8. The molecule has 0 aliphatic heterocycles. The van der Waals surface area contributed by atoms with Gasteiger partial charge in [0.2, 0.25) is 6.04 Å². The van der Waals surface area contributed by atoms with Gasteiger partial charge in [0.25, 0.3) is 0 Å². The van der Waals surface area contributed by atoms with Crippen molar-refractivity contribution in [2.75, 3.05) is 35.5 Å². The van der Waals surface area contributed by atoms with Crippen molar-refractivity contribution in [1.82, 2.24) is 0 Å². The molecule has 0 saturated heterocycles. The number of benzene rings is 3. The van der Waals surface area contributed by atoms with E-state index in [9.17, 15) is 19.7 Å². The fraction of sp³-hybridized carbons (Fsp3) is 0.312. The van der Waals surface area contributed by atoms with Crippen molar-refractivity contribution >= 4 is 17.6 Å². The largest absolute Gasteiger partial charge is 0.497 e. The van der Waals surface area contributed by atoms with E-state index in [4.69, 9.17) is 23.7 Å². The summed E-state index contributed by atoms with van der Waals surface area (Å²) in [5.74, 6) is -1.60. The van der Waals surface area contributed by atoms with Crippen LogP contribution in [0.1, 0.15) is 34.9 Å². The quantitative estimate of drug-likeness (QED) is 0.133. The molecule has 4 rings (SSSR count). The van der Waals surface area contributed by atoms with E-state index in [2.05, 4.69) is 0 Å². The number of Topliss-reactive ketones (excluding diaryl/α,β-unsaturated/α-hetero) is 1. The molecule has 42 heavy (non-hydrogen) atoms. The maximum absolute atomic E-state index is 13.8. The first-order valence-electron chi connectivity index (χ1n) is 13.2. The molecule has 1 fully saturated rings. The summed E-state index contributed by atoms with van der Waals surface area (Å²) in [6, 6.07) is 15.5. The highest BCUT2D eigenvalue weighted by atomic mass is 16.6. The van der Waals surface area contributed by atoms with E-state index in [0.717, 1.165) is 0 Å². The number of rotatable bonds is 11. The Morgan fingerprint density at radius 2 is 1.36 bits per heavy atom. The summed E-state index contributed by atoms with van der Waals surface area (Å²) in [7, 11) is 7.50. The molecule has 4 atom stereocenters. The van der Waals surface area contributed by atoms with Gasteiger partial charge < -0.3 is 23.7 Å². The molecule has 0 radical (unpaired) electrons. The molecule has 3 aromatic carbocycles. The number of nitro groups is 1. The van der Waals surface area contributed by atoms with Gasteiger partial charge in [-0.05, 0) is 59.2 Å². The summed E-state index contributed by atoms with van der Waals surface area (Å²) in [5.41, 5.74) is 1.68. The van der Waals surface area contributed by atoms with Gasteiger partial charge in [-0.1, -0.05) is 30.3 Å². The highest BCUT2D eigenvalue weighted by molar-refractivity contribution is 6.10. The molecule has 10 nitrogen and oxygen atoms in total. The van der Waals surface area contributed by atoms with E-state index in [1.165, 1.54) is 41.6 Å². The van der Waals surface area contributed by atoms with Gasteiger partial charge >= 0.3 is 0 Å². The molecule has 3 aromatic rings. The zero-order valence-electron chi connectivity index (χ0n) is 24.1. The minimum Gasteiger partial charge on any atom is -0.497 e. The van der Waals surface area contributed by atoms with Gasteiger partial charge in [-0.15, -0.1) is 0 Å². The summed E-state index contributed by atoms with van der Waals surface area (Å²) in [5, 5.41) is 12.8. The number of hydrogen-bond donors (Lipinski definition) is 0. The van der Waals surface area contributed by atoms with Crippen LogP contribution in [0.15, 0.2) is 66.7 Å². The number of hydrogen-bond acceptors (Lipinski definition) is 9. The van der Waals surface area contributed by atoms with E-state index in [-0.39, 0.29) is 17.1 Å². The van der Waals surface area contributed by atoms with Crippen LogP contribution in [0.4, 0.5) is 0 Å². The highest BCUT2D eigenvalue weighted by Crippen LogP contribution is 2.47. The molecule has 220 valence electrons. The highest BCUT2D eigenvalue weighted by Gasteiger charge is 2.54. The second-order valence-corrected chi connectivity index (χ2v) is 9.79. The third-order valence-electron chi connectivity index (χ3n) is 7.64. The zero-order chi connectivity index (χ0) is 30.4. The number of carbonyl (C=O) groups is 2. The molecule has 10 heteroatoms. The summed E-state index contributed by atoms with van der Waals surface area (Å²) < 4.78 is 26.6. The summed E-state index contributed by atoms with van der Waals surface area (Å²) in [6.45, 7) is 0. The number of methoxy groups -OCH3 is 5. The van der Waals surface area contributed by atoms with E-state index in [1.54, 1.807) is 66.7 Å². The molecule has 0 spiro atoms. The summed E-state index contributed by atoms with van der Waals surface area (Å²) in [6.07, 6.45) is 2.67. The Kier molecular flexibility index (Phi) is 9.46. The van der Waals surface area contributed by atoms with Crippen LogP contribution < -0.4 is 23.7 Å². The van der Waals surface area contributed by atoms with Gasteiger partial charge in [-0.2, -0.15) is 0 Å². The lowest BCUT2D eigenvalue weighted by atomic mass is 9.64. The minimum absolute atomic E-state index is 0.186. The maximum Gasteiger partial charge on any atom is 0.228 e. The third kappa shape index (κ3) is 6.07. The first-order valence-corrected chi connectivity index (χ1v) is 13.2.